The lowest BCUT2D eigenvalue weighted by Gasteiger charge is -2.06. The van der Waals surface area contributed by atoms with Gasteiger partial charge in [0.1, 0.15) is 0 Å². The third kappa shape index (κ3) is 3.83. The summed E-state index contributed by atoms with van der Waals surface area (Å²) in [7, 11) is 1.71. The Morgan fingerprint density at radius 3 is 3.05 bits per heavy atom. The molecule has 2 aromatic rings. The molecule has 0 aliphatic heterocycles. The van der Waals surface area contributed by atoms with E-state index in [-0.39, 0.29) is 0 Å². The van der Waals surface area contributed by atoms with E-state index in [0.717, 1.165) is 32.7 Å². The molecule has 20 heavy (non-hydrogen) atoms. The van der Waals surface area contributed by atoms with Crippen molar-refractivity contribution in [2.75, 3.05) is 20.3 Å². The van der Waals surface area contributed by atoms with E-state index < -0.39 is 0 Å². The third-order valence-electron chi connectivity index (χ3n) is 3.34. The minimum atomic E-state index is 0.612. The summed E-state index contributed by atoms with van der Waals surface area (Å²) in [6.07, 6.45) is 3.62. The summed E-state index contributed by atoms with van der Waals surface area (Å²) >= 11 is 0. The monoisotopic (exact) mass is 271 g/mol. The van der Waals surface area contributed by atoms with Crippen LogP contribution in [-0.2, 0) is 17.8 Å². The Kier molecular flexibility index (Phi) is 5.60. The van der Waals surface area contributed by atoms with Crippen molar-refractivity contribution in [2.45, 2.75) is 25.9 Å². The first-order valence-corrected chi connectivity index (χ1v) is 6.99. The first-order valence-electron chi connectivity index (χ1n) is 6.99. The summed E-state index contributed by atoms with van der Waals surface area (Å²) in [5.41, 5.74) is 2.52. The van der Waals surface area contributed by atoms with Gasteiger partial charge in [0.05, 0.1) is 12.7 Å². The molecule has 0 aliphatic rings. The number of aromatic nitrogens is 1. The van der Waals surface area contributed by atoms with Gasteiger partial charge in [-0.1, -0.05) is 6.07 Å². The lowest BCUT2D eigenvalue weighted by Crippen LogP contribution is -2.18. The summed E-state index contributed by atoms with van der Waals surface area (Å²) in [4.78, 5) is 0. The highest BCUT2D eigenvalue weighted by Gasteiger charge is 2.02. The number of methoxy groups -OCH3 is 1. The van der Waals surface area contributed by atoms with Crippen LogP contribution in [0.4, 0.5) is 0 Å². The number of benzene rings is 1. The van der Waals surface area contributed by atoms with Crippen LogP contribution < -0.4 is 5.32 Å². The third-order valence-corrected chi connectivity index (χ3v) is 3.34. The number of hydrogen-bond acceptors (Lipinski definition) is 3. The van der Waals surface area contributed by atoms with Crippen LogP contribution in [0.2, 0.25) is 0 Å². The topological polar surface area (TPSA) is 50.0 Å². The van der Waals surface area contributed by atoms with Crippen molar-refractivity contribution >= 4 is 10.9 Å². The number of hydrogen-bond donors (Lipinski definition) is 1. The van der Waals surface area contributed by atoms with Gasteiger partial charge in [-0.05, 0) is 35.6 Å². The van der Waals surface area contributed by atoms with Gasteiger partial charge in [0.15, 0.2) is 0 Å². The van der Waals surface area contributed by atoms with Gasteiger partial charge in [-0.25, -0.2) is 0 Å². The lowest BCUT2D eigenvalue weighted by atomic mass is 10.1. The van der Waals surface area contributed by atoms with Gasteiger partial charge in [-0.2, -0.15) is 5.26 Å². The van der Waals surface area contributed by atoms with E-state index in [1.807, 2.05) is 0 Å². The standard InChI is InChI=1S/C16H21N3O/c1-20-11-8-18-13-14-4-5-16-15(12-14)6-10-19(16)9-3-2-7-17/h4-6,10,12,18H,2-3,8-9,11,13H2,1H3. The number of nitrogens with zero attached hydrogens (tertiary/aromatic N) is 2. The Morgan fingerprint density at radius 1 is 1.35 bits per heavy atom. The first-order chi connectivity index (χ1) is 9.85. The van der Waals surface area contributed by atoms with Gasteiger partial charge >= 0.3 is 0 Å². The van der Waals surface area contributed by atoms with Crippen molar-refractivity contribution in [1.82, 2.24) is 9.88 Å². The molecule has 1 aromatic carbocycles. The van der Waals surface area contributed by atoms with E-state index in [2.05, 4.69) is 46.4 Å². The Labute approximate surface area is 120 Å². The molecule has 0 atom stereocenters. The number of nitriles is 1. The predicted octanol–water partition coefficient (Wildman–Crippen LogP) is 2.68. The summed E-state index contributed by atoms with van der Waals surface area (Å²) in [5.74, 6) is 0. The van der Waals surface area contributed by atoms with Crippen LogP contribution in [-0.4, -0.2) is 24.8 Å². The maximum atomic E-state index is 8.59. The van der Waals surface area contributed by atoms with Crippen LogP contribution in [0.5, 0.6) is 0 Å². The van der Waals surface area contributed by atoms with Crippen molar-refractivity contribution in [3.8, 4) is 6.07 Å². The average Bonchev–Trinajstić information content (AvgIpc) is 2.87. The largest absolute Gasteiger partial charge is 0.383 e. The molecule has 2 rings (SSSR count). The zero-order valence-corrected chi connectivity index (χ0v) is 11.9. The summed E-state index contributed by atoms with van der Waals surface area (Å²) in [6.45, 7) is 3.36. The number of nitrogens with one attached hydrogen (secondary N) is 1. The fourth-order valence-corrected chi connectivity index (χ4v) is 2.29. The molecular formula is C16H21N3O. The Balaban J connectivity index is 1.98. The van der Waals surface area contributed by atoms with Crippen LogP contribution in [0.1, 0.15) is 18.4 Å². The zero-order valence-electron chi connectivity index (χ0n) is 11.9. The van der Waals surface area contributed by atoms with Gasteiger partial charge in [-0.3, -0.25) is 0 Å². The second-order valence-corrected chi connectivity index (χ2v) is 4.83. The molecule has 4 nitrogen and oxygen atoms in total. The summed E-state index contributed by atoms with van der Waals surface area (Å²) < 4.78 is 7.23. The molecule has 0 amide bonds. The van der Waals surface area contributed by atoms with E-state index >= 15 is 0 Å². The normalized spacial score (nSPS) is 10.8. The van der Waals surface area contributed by atoms with Crippen LogP contribution >= 0.6 is 0 Å². The molecule has 0 bridgehead atoms. The van der Waals surface area contributed by atoms with E-state index in [1.165, 1.54) is 16.5 Å². The predicted molar refractivity (Wildman–Crippen MR) is 80.4 cm³/mol. The van der Waals surface area contributed by atoms with E-state index in [0.29, 0.717) is 6.42 Å². The Hall–Kier alpha value is -1.83. The van der Waals surface area contributed by atoms with Crippen LogP contribution in [0.3, 0.4) is 0 Å². The molecule has 0 fully saturated rings. The van der Waals surface area contributed by atoms with E-state index in [9.17, 15) is 0 Å². The van der Waals surface area contributed by atoms with Crippen molar-refractivity contribution in [1.29, 1.82) is 5.26 Å². The van der Waals surface area contributed by atoms with Gasteiger partial charge in [0.25, 0.3) is 0 Å². The number of rotatable bonds is 8. The molecule has 0 aliphatic carbocycles. The van der Waals surface area contributed by atoms with E-state index in [1.54, 1.807) is 7.11 Å². The molecular weight excluding hydrogens is 250 g/mol. The molecule has 1 N–H and O–H groups in total. The van der Waals surface area contributed by atoms with E-state index in [4.69, 9.17) is 10.00 Å². The minimum Gasteiger partial charge on any atom is -0.383 e. The fourth-order valence-electron chi connectivity index (χ4n) is 2.29. The maximum Gasteiger partial charge on any atom is 0.0622 e. The highest BCUT2D eigenvalue weighted by Crippen LogP contribution is 2.18. The smallest absolute Gasteiger partial charge is 0.0622 e. The molecule has 106 valence electrons. The molecule has 0 unspecified atom stereocenters. The first kappa shape index (κ1) is 14.6. The van der Waals surface area contributed by atoms with Crippen molar-refractivity contribution < 1.29 is 4.74 Å². The molecule has 4 heteroatoms. The molecule has 1 heterocycles. The summed E-state index contributed by atoms with van der Waals surface area (Å²) in [5, 5.41) is 13.2. The van der Waals surface area contributed by atoms with Gasteiger partial charge in [0, 0.05) is 44.9 Å². The molecule has 0 radical (unpaired) electrons. The summed E-state index contributed by atoms with van der Waals surface area (Å²) in [6, 6.07) is 10.9. The van der Waals surface area contributed by atoms with Crippen molar-refractivity contribution in [3.63, 3.8) is 0 Å². The quantitative estimate of drug-likeness (QED) is 0.751. The molecule has 1 aromatic heterocycles. The zero-order chi connectivity index (χ0) is 14.2. The number of aryl methyl sites for hydroxylation is 1. The fraction of sp³-hybridized carbons (Fsp3) is 0.438. The highest BCUT2D eigenvalue weighted by atomic mass is 16.5. The van der Waals surface area contributed by atoms with Crippen LogP contribution in [0.15, 0.2) is 30.5 Å². The molecule has 0 saturated heterocycles. The van der Waals surface area contributed by atoms with Gasteiger partial charge in [-0.15, -0.1) is 0 Å². The van der Waals surface area contributed by atoms with Crippen LogP contribution in [0, 0.1) is 11.3 Å². The average molecular weight is 271 g/mol. The number of ether oxygens (including phenoxy) is 1. The number of unbranched alkanes of at least 4 members (excludes halogenated alkanes) is 1. The maximum absolute atomic E-state index is 8.59. The Bertz CT molecular complexity index is 583. The lowest BCUT2D eigenvalue weighted by molar-refractivity contribution is 0.199. The second kappa shape index (κ2) is 7.68. The van der Waals surface area contributed by atoms with Gasteiger partial charge in [0.2, 0.25) is 0 Å². The van der Waals surface area contributed by atoms with Crippen molar-refractivity contribution in [3.05, 3.63) is 36.0 Å². The van der Waals surface area contributed by atoms with Crippen molar-refractivity contribution in [2.24, 2.45) is 0 Å². The second-order valence-electron chi connectivity index (χ2n) is 4.83. The SMILES string of the molecule is COCCNCc1ccc2c(ccn2CCCC#N)c1. The highest BCUT2D eigenvalue weighted by molar-refractivity contribution is 5.80. The molecule has 0 saturated carbocycles. The molecule has 0 spiro atoms. The minimum absolute atomic E-state index is 0.612. The van der Waals surface area contributed by atoms with Crippen LogP contribution in [0.25, 0.3) is 10.9 Å². The number of fused-ring (bicyclic) bond motifs is 1. The van der Waals surface area contributed by atoms with Gasteiger partial charge < -0.3 is 14.6 Å². The Morgan fingerprint density at radius 2 is 2.25 bits per heavy atom.